The molecule has 0 spiro atoms. The first-order chi connectivity index (χ1) is 12.6. The molecule has 0 bridgehead atoms. The number of alkyl halides is 1. The molecule has 0 saturated carbocycles. The lowest BCUT2D eigenvalue weighted by molar-refractivity contribution is 0.102. The SMILES string of the molecule is CC1=NN=C(c2ccc(C(=O)CCl)cc2N)c2cc3c(cc2C1)OCO3. The first-order valence-electron chi connectivity index (χ1n) is 8.10. The second-order valence-electron chi connectivity index (χ2n) is 6.18. The van der Waals surface area contributed by atoms with Crippen molar-refractivity contribution < 1.29 is 14.3 Å². The molecule has 2 aliphatic rings. The Morgan fingerprint density at radius 2 is 1.92 bits per heavy atom. The number of ether oxygens (including phenoxy) is 2. The number of carbonyl (C=O) groups excluding carboxylic acids is 1. The van der Waals surface area contributed by atoms with Crippen LogP contribution in [0.3, 0.4) is 0 Å². The highest BCUT2D eigenvalue weighted by atomic mass is 35.5. The number of Topliss-reactive ketones (excluding diaryl/α,β-unsaturated/α-hetero) is 1. The molecule has 0 radical (unpaired) electrons. The molecule has 0 amide bonds. The summed E-state index contributed by atoms with van der Waals surface area (Å²) in [6.45, 7) is 2.13. The first-order valence-corrected chi connectivity index (χ1v) is 8.63. The van der Waals surface area contributed by atoms with Gasteiger partial charge in [0.25, 0.3) is 0 Å². The number of anilines is 1. The average molecular weight is 370 g/mol. The molecule has 2 aromatic carbocycles. The van der Waals surface area contributed by atoms with E-state index in [9.17, 15) is 4.79 Å². The van der Waals surface area contributed by atoms with Crippen molar-refractivity contribution in [3.05, 3.63) is 52.6 Å². The second-order valence-corrected chi connectivity index (χ2v) is 6.45. The van der Waals surface area contributed by atoms with Gasteiger partial charge in [0.05, 0.1) is 5.88 Å². The van der Waals surface area contributed by atoms with Gasteiger partial charge in [-0.3, -0.25) is 4.79 Å². The molecule has 0 saturated heterocycles. The summed E-state index contributed by atoms with van der Waals surface area (Å²) in [5.74, 6) is 1.12. The number of hydrogen-bond acceptors (Lipinski definition) is 6. The molecule has 0 aromatic heterocycles. The first kappa shape index (κ1) is 16.6. The Kier molecular flexibility index (Phi) is 4.12. The fourth-order valence-electron chi connectivity index (χ4n) is 3.08. The van der Waals surface area contributed by atoms with Crippen molar-refractivity contribution in [3.63, 3.8) is 0 Å². The maximum absolute atomic E-state index is 11.8. The van der Waals surface area contributed by atoms with Crippen LogP contribution in [0.4, 0.5) is 5.69 Å². The third-order valence-corrected chi connectivity index (χ3v) is 4.61. The van der Waals surface area contributed by atoms with Gasteiger partial charge in [-0.05, 0) is 36.8 Å². The van der Waals surface area contributed by atoms with Crippen LogP contribution < -0.4 is 15.2 Å². The van der Waals surface area contributed by atoms with E-state index < -0.39 is 0 Å². The van der Waals surface area contributed by atoms with Crippen LogP contribution in [-0.2, 0) is 6.42 Å². The number of nitrogen functional groups attached to an aromatic ring is 1. The Morgan fingerprint density at radius 3 is 2.65 bits per heavy atom. The standard InChI is InChI=1S/C19H16ClN3O3/c1-10-4-12-6-17-18(26-9-25-17)7-14(12)19(23-22-10)13-3-2-11(5-15(13)21)16(24)8-20/h2-3,5-7H,4,8-9,21H2,1H3. The third-order valence-electron chi connectivity index (χ3n) is 4.37. The van der Waals surface area contributed by atoms with Crippen LogP contribution in [0, 0.1) is 0 Å². The molecule has 2 aromatic rings. The zero-order valence-corrected chi connectivity index (χ0v) is 14.8. The second kappa shape index (κ2) is 6.46. The summed E-state index contributed by atoms with van der Waals surface area (Å²) < 4.78 is 11.0. The molecule has 2 N–H and O–H groups in total. The maximum Gasteiger partial charge on any atom is 0.231 e. The summed E-state index contributed by atoms with van der Waals surface area (Å²) >= 11 is 5.63. The summed E-state index contributed by atoms with van der Waals surface area (Å²) in [7, 11) is 0. The number of nitrogens with two attached hydrogens (primary N) is 1. The Hall–Kier alpha value is -2.86. The minimum Gasteiger partial charge on any atom is -0.454 e. The number of halogens is 1. The Labute approximate surface area is 155 Å². The molecule has 132 valence electrons. The van der Waals surface area contributed by atoms with Gasteiger partial charge in [0.15, 0.2) is 17.3 Å². The van der Waals surface area contributed by atoms with E-state index in [4.69, 9.17) is 26.8 Å². The summed E-state index contributed by atoms with van der Waals surface area (Å²) in [5.41, 5.74) is 11.3. The van der Waals surface area contributed by atoms with Crippen LogP contribution in [0.15, 0.2) is 40.5 Å². The molecule has 26 heavy (non-hydrogen) atoms. The highest BCUT2D eigenvalue weighted by Crippen LogP contribution is 2.37. The van der Waals surface area contributed by atoms with E-state index in [2.05, 4.69) is 10.2 Å². The van der Waals surface area contributed by atoms with E-state index in [1.165, 1.54) is 0 Å². The third kappa shape index (κ3) is 2.82. The van der Waals surface area contributed by atoms with Crippen molar-refractivity contribution in [2.24, 2.45) is 10.2 Å². The summed E-state index contributed by atoms with van der Waals surface area (Å²) in [5, 5.41) is 8.71. The van der Waals surface area contributed by atoms with Gasteiger partial charge < -0.3 is 15.2 Å². The molecule has 4 rings (SSSR count). The average Bonchev–Trinajstić information content (AvgIpc) is 3.02. The van der Waals surface area contributed by atoms with E-state index in [1.807, 2.05) is 19.1 Å². The topological polar surface area (TPSA) is 86.3 Å². The molecule has 6 nitrogen and oxygen atoms in total. The highest BCUT2D eigenvalue weighted by molar-refractivity contribution is 6.30. The van der Waals surface area contributed by atoms with Gasteiger partial charge in [0, 0.05) is 34.5 Å². The lowest BCUT2D eigenvalue weighted by Crippen LogP contribution is -2.11. The smallest absolute Gasteiger partial charge is 0.231 e. The predicted octanol–water partition coefficient (Wildman–Crippen LogP) is 3.19. The van der Waals surface area contributed by atoms with Gasteiger partial charge in [0.1, 0.15) is 5.71 Å². The van der Waals surface area contributed by atoms with Crippen LogP contribution in [0.2, 0.25) is 0 Å². The minimum absolute atomic E-state index is 0.0878. The quantitative estimate of drug-likeness (QED) is 0.511. The van der Waals surface area contributed by atoms with E-state index in [0.717, 1.165) is 16.8 Å². The number of benzene rings is 2. The number of carbonyl (C=O) groups is 1. The fraction of sp³-hybridized carbons (Fsp3) is 0.211. The lowest BCUT2D eigenvalue weighted by atomic mass is 9.93. The van der Waals surface area contributed by atoms with Gasteiger partial charge in [-0.15, -0.1) is 16.7 Å². The predicted molar refractivity (Wildman–Crippen MR) is 101 cm³/mol. The van der Waals surface area contributed by atoms with E-state index in [1.54, 1.807) is 18.2 Å². The van der Waals surface area contributed by atoms with Crippen LogP contribution in [0.1, 0.15) is 34.0 Å². The molecule has 0 atom stereocenters. The van der Waals surface area contributed by atoms with Crippen molar-refractivity contribution in [3.8, 4) is 11.5 Å². The number of hydrogen-bond donors (Lipinski definition) is 1. The van der Waals surface area contributed by atoms with E-state index in [-0.39, 0.29) is 18.5 Å². The molecule has 7 heteroatoms. The molecule has 2 heterocycles. The van der Waals surface area contributed by atoms with E-state index in [0.29, 0.717) is 40.4 Å². The van der Waals surface area contributed by atoms with Gasteiger partial charge in [-0.25, -0.2) is 0 Å². The van der Waals surface area contributed by atoms with Crippen molar-refractivity contribution in [1.29, 1.82) is 0 Å². The van der Waals surface area contributed by atoms with E-state index >= 15 is 0 Å². The number of rotatable bonds is 3. The Bertz CT molecular complexity index is 982. The summed E-state index contributed by atoms with van der Waals surface area (Å²) in [6, 6.07) is 8.96. The van der Waals surface area contributed by atoms with Crippen molar-refractivity contribution in [2.45, 2.75) is 13.3 Å². The molecule has 0 unspecified atom stereocenters. The lowest BCUT2D eigenvalue weighted by Gasteiger charge is -2.13. The summed E-state index contributed by atoms with van der Waals surface area (Å²) in [4.78, 5) is 11.8. The molecular weight excluding hydrogens is 354 g/mol. The van der Waals surface area contributed by atoms with Gasteiger partial charge in [-0.2, -0.15) is 5.10 Å². The highest BCUT2D eigenvalue weighted by Gasteiger charge is 2.24. The number of ketones is 1. The van der Waals surface area contributed by atoms with Gasteiger partial charge in [0.2, 0.25) is 6.79 Å². The molecular formula is C19H16ClN3O3. The maximum atomic E-state index is 11.8. The number of fused-ring (bicyclic) bond motifs is 2. The van der Waals surface area contributed by atoms with Crippen LogP contribution in [-0.4, -0.2) is 29.9 Å². The molecule has 0 fully saturated rings. The van der Waals surface area contributed by atoms with Crippen LogP contribution in [0.25, 0.3) is 0 Å². The Morgan fingerprint density at radius 1 is 1.15 bits per heavy atom. The monoisotopic (exact) mass is 369 g/mol. The zero-order valence-electron chi connectivity index (χ0n) is 14.1. The minimum atomic E-state index is -0.176. The van der Waals surface area contributed by atoms with Crippen LogP contribution >= 0.6 is 11.6 Å². The normalized spacial score (nSPS) is 15.0. The molecule has 2 aliphatic heterocycles. The zero-order chi connectivity index (χ0) is 18.3. The largest absolute Gasteiger partial charge is 0.454 e. The molecule has 0 aliphatic carbocycles. The van der Waals surface area contributed by atoms with Crippen molar-refractivity contribution in [1.82, 2.24) is 0 Å². The van der Waals surface area contributed by atoms with Crippen molar-refractivity contribution >= 4 is 34.5 Å². The Balaban J connectivity index is 1.86. The van der Waals surface area contributed by atoms with Gasteiger partial charge >= 0.3 is 0 Å². The number of nitrogens with zero attached hydrogens (tertiary/aromatic N) is 2. The summed E-state index contributed by atoms with van der Waals surface area (Å²) in [6.07, 6.45) is 0.654. The van der Waals surface area contributed by atoms with Crippen LogP contribution in [0.5, 0.6) is 11.5 Å². The fourth-order valence-corrected chi connectivity index (χ4v) is 3.23. The van der Waals surface area contributed by atoms with Gasteiger partial charge in [-0.1, -0.05) is 6.07 Å². The van der Waals surface area contributed by atoms with Crippen molar-refractivity contribution in [2.75, 3.05) is 18.4 Å².